The lowest BCUT2D eigenvalue weighted by atomic mass is 9.83. The van der Waals surface area contributed by atoms with E-state index in [1.165, 1.54) is 12.7 Å². The highest BCUT2D eigenvalue weighted by Gasteiger charge is 2.29. The van der Waals surface area contributed by atoms with Gasteiger partial charge in [0.1, 0.15) is 5.75 Å². The van der Waals surface area contributed by atoms with Crippen LogP contribution in [0.25, 0.3) is 0 Å². The lowest BCUT2D eigenvalue weighted by Crippen LogP contribution is -2.28. The van der Waals surface area contributed by atoms with Crippen LogP contribution < -0.4 is 4.74 Å². The maximum Gasteiger partial charge on any atom is 0.311 e. The first kappa shape index (κ1) is 14.6. The molecule has 0 aliphatic carbocycles. The minimum absolute atomic E-state index is 0.185. The van der Waals surface area contributed by atoms with E-state index in [1.807, 2.05) is 32.9 Å². The summed E-state index contributed by atoms with van der Waals surface area (Å²) in [5.74, 6) is 0.697. The van der Waals surface area contributed by atoms with E-state index in [9.17, 15) is 4.79 Å². The Kier molecular flexibility index (Phi) is 4.38. The Morgan fingerprint density at radius 2 is 1.78 bits per heavy atom. The quantitative estimate of drug-likeness (QED) is 0.770. The largest absolute Gasteiger partial charge is 0.496 e. The fraction of sp³-hybridized carbons (Fsp3) is 0.533. The van der Waals surface area contributed by atoms with Crippen molar-refractivity contribution in [3.8, 4) is 5.75 Å². The lowest BCUT2D eigenvalue weighted by molar-refractivity contribution is -0.150. The van der Waals surface area contributed by atoms with Gasteiger partial charge < -0.3 is 9.47 Å². The van der Waals surface area contributed by atoms with Crippen molar-refractivity contribution in [3.05, 3.63) is 28.8 Å². The fourth-order valence-corrected chi connectivity index (χ4v) is 2.09. The standard InChI is InChI=1S/C15H22O3/c1-10-11(2)13(17-5)8-7-12(10)9-15(3,4)14(16)18-6/h7-8H,9H2,1-6H3. The Morgan fingerprint density at radius 3 is 2.28 bits per heavy atom. The summed E-state index contributed by atoms with van der Waals surface area (Å²) < 4.78 is 10.1. The molecule has 3 heteroatoms. The van der Waals surface area contributed by atoms with Crippen LogP contribution in [0.2, 0.25) is 0 Å². The van der Waals surface area contributed by atoms with Gasteiger partial charge in [-0.05, 0) is 56.9 Å². The zero-order valence-corrected chi connectivity index (χ0v) is 12.1. The second-order valence-electron chi connectivity index (χ2n) is 5.23. The summed E-state index contributed by atoms with van der Waals surface area (Å²) in [6, 6.07) is 3.97. The number of carbonyl (C=O) groups is 1. The third-order valence-corrected chi connectivity index (χ3v) is 3.44. The van der Waals surface area contributed by atoms with E-state index in [1.54, 1.807) is 7.11 Å². The third kappa shape index (κ3) is 2.84. The molecule has 0 bridgehead atoms. The SMILES string of the molecule is COC(=O)C(C)(C)Cc1ccc(OC)c(C)c1C. The smallest absolute Gasteiger partial charge is 0.311 e. The molecule has 1 aromatic carbocycles. The summed E-state index contributed by atoms with van der Waals surface area (Å²) in [5, 5.41) is 0. The monoisotopic (exact) mass is 250 g/mol. The van der Waals surface area contributed by atoms with Crippen LogP contribution in [0.4, 0.5) is 0 Å². The van der Waals surface area contributed by atoms with E-state index >= 15 is 0 Å². The molecule has 0 amide bonds. The number of esters is 1. The van der Waals surface area contributed by atoms with Crippen LogP contribution >= 0.6 is 0 Å². The number of methoxy groups -OCH3 is 2. The number of hydrogen-bond donors (Lipinski definition) is 0. The predicted molar refractivity (Wildman–Crippen MR) is 72.0 cm³/mol. The van der Waals surface area contributed by atoms with Crippen LogP contribution in [-0.4, -0.2) is 20.2 Å². The zero-order chi connectivity index (χ0) is 13.9. The van der Waals surface area contributed by atoms with Crippen molar-refractivity contribution in [1.82, 2.24) is 0 Å². The highest BCUT2D eigenvalue weighted by Crippen LogP contribution is 2.29. The normalized spacial score (nSPS) is 11.2. The molecular weight excluding hydrogens is 228 g/mol. The van der Waals surface area contributed by atoms with Gasteiger partial charge in [-0.15, -0.1) is 0 Å². The Bertz CT molecular complexity index is 447. The van der Waals surface area contributed by atoms with Gasteiger partial charge in [-0.25, -0.2) is 0 Å². The van der Waals surface area contributed by atoms with Crippen molar-refractivity contribution >= 4 is 5.97 Å². The Morgan fingerprint density at radius 1 is 1.17 bits per heavy atom. The lowest BCUT2D eigenvalue weighted by Gasteiger charge is -2.23. The fourth-order valence-electron chi connectivity index (χ4n) is 2.09. The molecular formula is C15H22O3. The zero-order valence-electron chi connectivity index (χ0n) is 12.1. The molecule has 1 aromatic rings. The van der Waals surface area contributed by atoms with Gasteiger partial charge in [0.2, 0.25) is 0 Å². The Labute approximate surface area is 109 Å². The Hall–Kier alpha value is -1.51. The van der Waals surface area contributed by atoms with Gasteiger partial charge in [0, 0.05) is 0 Å². The Balaban J connectivity index is 3.06. The van der Waals surface area contributed by atoms with Gasteiger partial charge in [-0.3, -0.25) is 4.79 Å². The number of hydrogen-bond acceptors (Lipinski definition) is 3. The van der Waals surface area contributed by atoms with Crippen LogP contribution in [-0.2, 0) is 16.0 Å². The average molecular weight is 250 g/mol. The van der Waals surface area contributed by atoms with Crippen LogP contribution in [0.15, 0.2) is 12.1 Å². The molecule has 0 unspecified atom stereocenters. The molecule has 0 spiro atoms. The van der Waals surface area contributed by atoms with E-state index in [0.717, 1.165) is 16.9 Å². The summed E-state index contributed by atoms with van der Waals surface area (Å²) in [4.78, 5) is 11.7. The number of ether oxygens (including phenoxy) is 2. The molecule has 100 valence electrons. The minimum atomic E-state index is -0.513. The second kappa shape index (κ2) is 5.42. The molecule has 0 atom stereocenters. The predicted octanol–water partition coefficient (Wildman–Crippen LogP) is 3.05. The second-order valence-corrected chi connectivity index (χ2v) is 5.23. The van der Waals surface area contributed by atoms with E-state index in [0.29, 0.717) is 6.42 Å². The van der Waals surface area contributed by atoms with Crippen molar-refractivity contribution in [2.45, 2.75) is 34.1 Å². The highest BCUT2D eigenvalue weighted by molar-refractivity contribution is 5.76. The summed E-state index contributed by atoms with van der Waals surface area (Å²) in [6.07, 6.45) is 0.663. The van der Waals surface area contributed by atoms with Gasteiger partial charge in [0.15, 0.2) is 0 Å². The van der Waals surface area contributed by atoms with Crippen molar-refractivity contribution in [2.24, 2.45) is 5.41 Å². The first-order valence-corrected chi connectivity index (χ1v) is 6.05. The number of rotatable bonds is 4. The minimum Gasteiger partial charge on any atom is -0.496 e. The molecule has 0 radical (unpaired) electrons. The number of benzene rings is 1. The van der Waals surface area contributed by atoms with Gasteiger partial charge >= 0.3 is 5.97 Å². The van der Waals surface area contributed by atoms with Crippen LogP contribution in [0.3, 0.4) is 0 Å². The number of carbonyl (C=O) groups excluding carboxylic acids is 1. The van der Waals surface area contributed by atoms with Gasteiger partial charge in [-0.2, -0.15) is 0 Å². The van der Waals surface area contributed by atoms with E-state index in [2.05, 4.69) is 6.92 Å². The molecule has 0 fully saturated rings. The van der Waals surface area contributed by atoms with Gasteiger partial charge in [0.05, 0.1) is 19.6 Å². The first-order valence-electron chi connectivity index (χ1n) is 6.05. The summed E-state index contributed by atoms with van der Waals surface area (Å²) >= 11 is 0. The van der Waals surface area contributed by atoms with Crippen molar-refractivity contribution in [2.75, 3.05) is 14.2 Å². The topological polar surface area (TPSA) is 35.5 Å². The molecule has 0 saturated carbocycles. The molecule has 0 heterocycles. The van der Waals surface area contributed by atoms with Crippen molar-refractivity contribution < 1.29 is 14.3 Å². The van der Waals surface area contributed by atoms with Crippen LogP contribution in [0.1, 0.15) is 30.5 Å². The summed E-state index contributed by atoms with van der Waals surface area (Å²) in [5.41, 5.74) is 2.94. The molecule has 0 aromatic heterocycles. The van der Waals surface area contributed by atoms with Gasteiger partial charge in [0.25, 0.3) is 0 Å². The molecule has 0 N–H and O–H groups in total. The van der Waals surface area contributed by atoms with Crippen molar-refractivity contribution in [1.29, 1.82) is 0 Å². The summed E-state index contributed by atoms with van der Waals surface area (Å²) in [7, 11) is 3.09. The molecule has 1 rings (SSSR count). The van der Waals surface area contributed by atoms with Gasteiger partial charge in [-0.1, -0.05) is 6.07 Å². The average Bonchev–Trinajstić information content (AvgIpc) is 2.34. The van der Waals surface area contributed by atoms with E-state index in [-0.39, 0.29) is 5.97 Å². The molecule has 0 aliphatic rings. The maximum atomic E-state index is 11.7. The molecule has 0 aliphatic heterocycles. The maximum absolute atomic E-state index is 11.7. The van der Waals surface area contributed by atoms with E-state index < -0.39 is 5.41 Å². The first-order chi connectivity index (χ1) is 8.33. The van der Waals surface area contributed by atoms with E-state index in [4.69, 9.17) is 9.47 Å². The molecule has 18 heavy (non-hydrogen) atoms. The van der Waals surface area contributed by atoms with Crippen molar-refractivity contribution in [3.63, 3.8) is 0 Å². The summed E-state index contributed by atoms with van der Waals surface area (Å²) in [6.45, 7) is 7.89. The molecule has 3 nitrogen and oxygen atoms in total. The van der Waals surface area contributed by atoms with Crippen LogP contribution in [0, 0.1) is 19.3 Å². The molecule has 0 saturated heterocycles. The highest BCUT2D eigenvalue weighted by atomic mass is 16.5. The van der Waals surface area contributed by atoms with Crippen LogP contribution in [0.5, 0.6) is 5.75 Å². The third-order valence-electron chi connectivity index (χ3n) is 3.44.